The third kappa shape index (κ3) is 3.22. The molecule has 2 aromatic carbocycles. The normalized spacial score (nSPS) is 12.1. The molecule has 1 unspecified atom stereocenters. The minimum absolute atomic E-state index is 0.0810. The van der Waals surface area contributed by atoms with E-state index in [1.807, 2.05) is 61.5 Å². The average Bonchev–Trinajstić information content (AvgIpc) is 2.53. The molecule has 3 nitrogen and oxygen atoms in total. The van der Waals surface area contributed by atoms with Crippen molar-refractivity contribution in [1.82, 2.24) is 0 Å². The highest BCUT2D eigenvalue weighted by Gasteiger charge is 2.24. The lowest BCUT2D eigenvalue weighted by atomic mass is 9.85. The summed E-state index contributed by atoms with van der Waals surface area (Å²) in [4.78, 5) is 12.4. The molecule has 1 heterocycles. The molecule has 116 valence electrons. The van der Waals surface area contributed by atoms with Gasteiger partial charge in [-0.1, -0.05) is 60.2 Å². The first-order valence-corrected chi connectivity index (χ1v) is 7.99. The van der Waals surface area contributed by atoms with E-state index in [2.05, 4.69) is 15.9 Å². The summed E-state index contributed by atoms with van der Waals surface area (Å²) in [5, 5.41) is 10.3. The first-order chi connectivity index (χ1) is 11.1. The van der Waals surface area contributed by atoms with Crippen molar-refractivity contribution in [2.75, 3.05) is 0 Å². The van der Waals surface area contributed by atoms with Crippen molar-refractivity contribution in [3.8, 4) is 5.75 Å². The van der Waals surface area contributed by atoms with E-state index in [0.29, 0.717) is 0 Å². The Labute approximate surface area is 142 Å². The van der Waals surface area contributed by atoms with Gasteiger partial charge in [0.25, 0.3) is 0 Å². The molecule has 1 aromatic heterocycles. The second-order valence-electron chi connectivity index (χ2n) is 5.39. The monoisotopic (exact) mass is 370 g/mol. The molecule has 0 saturated carbocycles. The Morgan fingerprint density at radius 3 is 2.22 bits per heavy atom. The van der Waals surface area contributed by atoms with E-state index in [1.165, 1.54) is 6.07 Å². The van der Waals surface area contributed by atoms with Gasteiger partial charge in [0.1, 0.15) is 5.75 Å². The zero-order valence-corrected chi connectivity index (χ0v) is 14.1. The van der Waals surface area contributed by atoms with Gasteiger partial charge in [-0.3, -0.25) is 0 Å². The summed E-state index contributed by atoms with van der Waals surface area (Å²) in [5.41, 5.74) is 2.66. The van der Waals surface area contributed by atoms with E-state index < -0.39 is 5.63 Å². The van der Waals surface area contributed by atoms with Gasteiger partial charge in [-0.15, -0.1) is 0 Å². The van der Waals surface area contributed by atoms with Gasteiger partial charge in [0.2, 0.25) is 0 Å². The SMILES string of the molecule is Cc1ccc(C(c2ccccc2)c2c(O)cc(Br)oc2=O)cc1. The molecule has 0 radical (unpaired) electrons. The molecule has 0 aliphatic carbocycles. The predicted molar refractivity (Wildman–Crippen MR) is 92.9 cm³/mol. The van der Waals surface area contributed by atoms with Crippen LogP contribution in [0, 0.1) is 6.92 Å². The second-order valence-corrected chi connectivity index (χ2v) is 6.17. The fourth-order valence-corrected chi connectivity index (χ4v) is 3.02. The van der Waals surface area contributed by atoms with Crippen LogP contribution in [-0.2, 0) is 0 Å². The minimum Gasteiger partial charge on any atom is -0.507 e. The van der Waals surface area contributed by atoms with Gasteiger partial charge in [0, 0.05) is 12.0 Å². The zero-order chi connectivity index (χ0) is 16.4. The van der Waals surface area contributed by atoms with E-state index in [1.54, 1.807) is 0 Å². The highest BCUT2D eigenvalue weighted by Crippen LogP contribution is 2.35. The van der Waals surface area contributed by atoms with Crippen molar-refractivity contribution in [3.05, 3.63) is 98.0 Å². The molecule has 1 atom stereocenters. The van der Waals surface area contributed by atoms with Crippen LogP contribution in [0.25, 0.3) is 0 Å². The maximum absolute atomic E-state index is 12.4. The lowest BCUT2D eigenvalue weighted by Crippen LogP contribution is -2.15. The van der Waals surface area contributed by atoms with Crippen LogP contribution in [0.4, 0.5) is 0 Å². The van der Waals surface area contributed by atoms with E-state index >= 15 is 0 Å². The maximum atomic E-state index is 12.4. The number of aryl methyl sites for hydroxylation is 1. The Kier molecular flexibility index (Phi) is 4.35. The molecule has 4 heteroatoms. The second kappa shape index (κ2) is 6.42. The van der Waals surface area contributed by atoms with Crippen molar-refractivity contribution >= 4 is 15.9 Å². The topological polar surface area (TPSA) is 50.4 Å². The number of hydrogen-bond donors (Lipinski definition) is 1. The molecule has 0 fully saturated rings. The van der Waals surface area contributed by atoms with Crippen LogP contribution < -0.4 is 5.63 Å². The molecule has 1 N–H and O–H groups in total. The molecular formula is C19H15BrO3. The molecule has 0 amide bonds. The molecule has 3 rings (SSSR count). The van der Waals surface area contributed by atoms with E-state index in [0.717, 1.165) is 16.7 Å². The van der Waals surface area contributed by atoms with Gasteiger partial charge in [0.15, 0.2) is 4.67 Å². The Bertz CT molecular complexity index is 867. The number of hydrogen-bond acceptors (Lipinski definition) is 3. The van der Waals surface area contributed by atoms with E-state index in [9.17, 15) is 9.90 Å². The summed E-state index contributed by atoms with van der Waals surface area (Å²) >= 11 is 3.09. The van der Waals surface area contributed by atoms with Crippen molar-refractivity contribution in [2.24, 2.45) is 0 Å². The van der Waals surface area contributed by atoms with E-state index in [-0.39, 0.29) is 21.9 Å². The molecule has 0 spiro atoms. The fourth-order valence-electron chi connectivity index (χ4n) is 2.66. The van der Waals surface area contributed by atoms with Crippen LogP contribution in [0.5, 0.6) is 5.75 Å². The van der Waals surface area contributed by atoms with Gasteiger partial charge >= 0.3 is 5.63 Å². The number of rotatable bonds is 3. The highest BCUT2D eigenvalue weighted by molar-refractivity contribution is 9.10. The van der Waals surface area contributed by atoms with Crippen molar-refractivity contribution < 1.29 is 9.52 Å². The van der Waals surface area contributed by atoms with Crippen LogP contribution in [0.1, 0.15) is 28.2 Å². The Morgan fingerprint density at radius 2 is 1.61 bits per heavy atom. The minimum atomic E-state index is -0.550. The molecule has 0 bridgehead atoms. The summed E-state index contributed by atoms with van der Waals surface area (Å²) in [6.07, 6.45) is 0. The third-order valence-electron chi connectivity index (χ3n) is 3.77. The largest absolute Gasteiger partial charge is 0.507 e. The predicted octanol–water partition coefficient (Wildman–Crippen LogP) is 4.60. The number of benzene rings is 2. The number of aromatic hydroxyl groups is 1. The van der Waals surface area contributed by atoms with Crippen molar-refractivity contribution in [3.63, 3.8) is 0 Å². The summed E-state index contributed by atoms with van der Waals surface area (Å²) in [6.45, 7) is 2.01. The van der Waals surface area contributed by atoms with Gasteiger partial charge in [-0.05, 0) is 34.0 Å². The smallest absolute Gasteiger partial charge is 0.344 e. The standard InChI is InChI=1S/C19H15BrO3/c1-12-7-9-14(10-8-12)17(13-5-3-2-4-6-13)18-15(21)11-16(20)23-19(18)22/h2-11,17,21H,1H3. The fraction of sp³-hybridized carbons (Fsp3) is 0.105. The maximum Gasteiger partial charge on any atom is 0.344 e. The highest BCUT2D eigenvalue weighted by atomic mass is 79.9. The Morgan fingerprint density at radius 1 is 1.00 bits per heavy atom. The number of halogens is 1. The lowest BCUT2D eigenvalue weighted by molar-refractivity contribution is 0.423. The van der Waals surface area contributed by atoms with Crippen molar-refractivity contribution in [1.29, 1.82) is 0 Å². The molecule has 0 aliphatic heterocycles. The summed E-state index contributed by atoms with van der Waals surface area (Å²) in [5.74, 6) is -0.469. The lowest BCUT2D eigenvalue weighted by Gasteiger charge is -2.18. The quantitative estimate of drug-likeness (QED) is 0.732. The van der Waals surface area contributed by atoms with Crippen LogP contribution in [-0.4, -0.2) is 5.11 Å². The molecule has 3 aromatic rings. The van der Waals surface area contributed by atoms with Gasteiger partial charge in [-0.25, -0.2) is 4.79 Å². The zero-order valence-electron chi connectivity index (χ0n) is 12.5. The van der Waals surface area contributed by atoms with Crippen LogP contribution >= 0.6 is 15.9 Å². The first-order valence-electron chi connectivity index (χ1n) is 7.20. The van der Waals surface area contributed by atoms with Gasteiger partial charge in [0.05, 0.1) is 5.56 Å². The molecule has 0 saturated heterocycles. The molecule has 23 heavy (non-hydrogen) atoms. The Hall–Kier alpha value is -2.33. The first kappa shape index (κ1) is 15.6. The molecular weight excluding hydrogens is 356 g/mol. The summed E-state index contributed by atoms with van der Waals surface area (Å²) in [7, 11) is 0. The summed E-state index contributed by atoms with van der Waals surface area (Å²) < 4.78 is 5.35. The van der Waals surface area contributed by atoms with Gasteiger partial charge < -0.3 is 9.52 Å². The average molecular weight is 371 g/mol. The van der Waals surface area contributed by atoms with E-state index in [4.69, 9.17) is 4.42 Å². The Balaban J connectivity index is 2.25. The van der Waals surface area contributed by atoms with Crippen LogP contribution in [0.2, 0.25) is 0 Å². The summed E-state index contributed by atoms with van der Waals surface area (Å²) in [6, 6.07) is 18.9. The molecule has 0 aliphatic rings. The van der Waals surface area contributed by atoms with Crippen LogP contribution in [0.15, 0.2) is 74.5 Å². The van der Waals surface area contributed by atoms with Gasteiger partial charge in [-0.2, -0.15) is 0 Å². The van der Waals surface area contributed by atoms with Crippen molar-refractivity contribution in [2.45, 2.75) is 12.8 Å². The third-order valence-corrected chi connectivity index (χ3v) is 4.16. The van der Waals surface area contributed by atoms with Crippen LogP contribution in [0.3, 0.4) is 0 Å².